The first kappa shape index (κ1) is 16.1. The van der Waals surface area contributed by atoms with Gasteiger partial charge in [-0.1, -0.05) is 17.7 Å². The molecule has 7 heteroatoms. The van der Waals surface area contributed by atoms with Crippen molar-refractivity contribution >= 4 is 11.6 Å². The number of nitrogens with two attached hydrogens (primary N) is 1. The molecule has 0 saturated carbocycles. The third-order valence-corrected chi connectivity index (χ3v) is 2.56. The molecule has 0 spiro atoms. The van der Waals surface area contributed by atoms with Gasteiger partial charge in [0.05, 0.1) is 6.61 Å². The van der Waals surface area contributed by atoms with Crippen molar-refractivity contribution in [3.05, 3.63) is 28.8 Å². The molecule has 0 aromatic heterocycles. The minimum absolute atomic E-state index is 0.131. The van der Waals surface area contributed by atoms with Crippen LogP contribution in [0.15, 0.2) is 18.2 Å². The van der Waals surface area contributed by atoms with E-state index in [1.54, 1.807) is 25.1 Å². The topological polar surface area (TPSA) is 44.5 Å². The van der Waals surface area contributed by atoms with E-state index in [4.69, 9.17) is 22.1 Å². The zero-order valence-electron chi connectivity index (χ0n) is 10.3. The van der Waals surface area contributed by atoms with Gasteiger partial charge in [-0.2, -0.15) is 0 Å². The molecule has 3 nitrogen and oxygen atoms in total. The van der Waals surface area contributed by atoms with Crippen molar-refractivity contribution < 1.29 is 22.6 Å². The normalized spacial score (nSPS) is 13.4. The molecule has 0 aliphatic rings. The van der Waals surface area contributed by atoms with Crippen LogP contribution in [0, 0.1) is 0 Å². The Bertz CT molecular complexity index is 410. The van der Waals surface area contributed by atoms with Crippen LogP contribution >= 0.6 is 11.6 Å². The Balaban J connectivity index is 2.60. The van der Waals surface area contributed by atoms with Gasteiger partial charge < -0.3 is 10.5 Å². The van der Waals surface area contributed by atoms with Gasteiger partial charge >= 0.3 is 6.36 Å². The fourth-order valence-electron chi connectivity index (χ4n) is 1.50. The molecular formula is C12H15ClF3NO2. The Hall–Kier alpha value is -0.980. The molecule has 0 saturated heterocycles. The number of hydrogen-bond donors (Lipinski definition) is 1. The van der Waals surface area contributed by atoms with Crippen molar-refractivity contribution in [2.75, 3.05) is 13.2 Å². The van der Waals surface area contributed by atoms with Crippen molar-refractivity contribution in [1.29, 1.82) is 0 Å². The van der Waals surface area contributed by atoms with Crippen LogP contribution in [0.3, 0.4) is 0 Å². The molecule has 0 aliphatic carbocycles. The number of rotatable bonds is 6. The lowest BCUT2D eigenvalue weighted by molar-refractivity contribution is -0.325. The fourth-order valence-corrected chi connectivity index (χ4v) is 1.75. The molecule has 0 heterocycles. The quantitative estimate of drug-likeness (QED) is 0.820. The van der Waals surface area contributed by atoms with Crippen LogP contribution in [0.1, 0.15) is 12.5 Å². The smallest absolute Gasteiger partial charge is 0.491 e. The SMILES string of the molecule is CC(N)Cc1c(Cl)cccc1OCCOC(F)(F)F. The zero-order valence-corrected chi connectivity index (χ0v) is 11.1. The van der Waals surface area contributed by atoms with Gasteiger partial charge in [-0.25, -0.2) is 0 Å². The second-order valence-corrected chi connectivity index (χ2v) is 4.45. The molecule has 1 atom stereocenters. The van der Waals surface area contributed by atoms with Crippen molar-refractivity contribution in [2.24, 2.45) is 5.73 Å². The summed E-state index contributed by atoms with van der Waals surface area (Å²) < 4.78 is 44.2. The maximum Gasteiger partial charge on any atom is 0.522 e. The summed E-state index contributed by atoms with van der Waals surface area (Å²) in [6.45, 7) is 1.01. The highest BCUT2D eigenvalue weighted by Crippen LogP contribution is 2.27. The van der Waals surface area contributed by atoms with Crippen LogP contribution < -0.4 is 10.5 Å². The minimum Gasteiger partial charge on any atom is -0.491 e. The summed E-state index contributed by atoms with van der Waals surface area (Å²) in [4.78, 5) is 0. The lowest BCUT2D eigenvalue weighted by Gasteiger charge is -2.15. The van der Waals surface area contributed by atoms with E-state index in [0.717, 1.165) is 0 Å². The Labute approximate surface area is 114 Å². The van der Waals surface area contributed by atoms with E-state index in [9.17, 15) is 13.2 Å². The third kappa shape index (κ3) is 6.13. The first-order valence-electron chi connectivity index (χ1n) is 5.66. The lowest BCUT2D eigenvalue weighted by Crippen LogP contribution is -2.20. The summed E-state index contributed by atoms with van der Waals surface area (Å²) in [5.74, 6) is 0.426. The fraction of sp³-hybridized carbons (Fsp3) is 0.500. The Kier molecular flexibility index (Phi) is 5.90. The number of alkyl halides is 3. The van der Waals surface area contributed by atoms with Crippen molar-refractivity contribution in [3.8, 4) is 5.75 Å². The van der Waals surface area contributed by atoms with Gasteiger partial charge in [-0.05, 0) is 25.5 Å². The van der Waals surface area contributed by atoms with E-state index < -0.39 is 13.0 Å². The van der Waals surface area contributed by atoms with Crippen LogP contribution in [0.2, 0.25) is 5.02 Å². The molecule has 19 heavy (non-hydrogen) atoms. The standard InChI is InChI=1S/C12H15ClF3NO2/c1-8(17)7-9-10(13)3-2-4-11(9)18-5-6-19-12(14,15)16/h2-4,8H,5-7,17H2,1H3. The molecule has 0 bridgehead atoms. The average Bonchev–Trinajstić information content (AvgIpc) is 2.27. The molecule has 0 aliphatic heterocycles. The molecular weight excluding hydrogens is 283 g/mol. The molecule has 1 rings (SSSR count). The summed E-state index contributed by atoms with van der Waals surface area (Å²) in [5.41, 5.74) is 6.37. The molecule has 1 aromatic carbocycles. The predicted octanol–water partition coefficient (Wildman–Crippen LogP) is 3.14. The van der Waals surface area contributed by atoms with Crippen LogP contribution in [-0.4, -0.2) is 25.6 Å². The monoisotopic (exact) mass is 297 g/mol. The predicted molar refractivity (Wildman–Crippen MR) is 66.3 cm³/mol. The second kappa shape index (κ2) is 6.98. The Morgan fingerprint density at radius 3 is 2.58 bits per heavy atom. The van der Waals surface area contributed by atoms with Crippen LogP contribution in [0.5, 0.6) is 5.75 Å². The zero-order chi connectivity index (χ0) is 14.5. The number of ether oxygens (including phenoxy) is 2. The minimum atomic E-state index is -4.65. The van der Waals surface area contributed by atoms with E-state index in [1.165, 1.54) is 0 Å². The van der Waals surface area contributed by atoms with E-state index in [-0.39, 0.29) is 12.6 Å². The van der Waals surface area contributed by atoms with E-state index in [2.05, 4.69) is 4.74 Å². The maximum absolute atomic E-state index is 11.8. The van der Waals surface area contributed by atoms with E-state index >= 15 is 0 Å². The summed E-state index contributed by atoms with van der Waals surface area (Å²) in [7, 11) is 0. The van der Waals surface area contributed by atoms with Crippen molar-refractivity contribution in [3.63, 3.8) is 0 Å². The number of benzene rings is 1. The molecule has 0 amide bonds. The number of halogens is 4. The van der Waals surface area contributed by atoms with Gasteiger partial charge in [0, 0.05) is 16.6 Å². The lowest BCUT2D eigenvalue weighted by atomic mass is 10.1. The van der Waals surface area contributed by atoms with Gasteiger partial charge in [-0.15, -0.1) is 13.2 Å². The first-order chi connectivity index (χ1) is 8.79. The van der Waals surface area contributed by atoms with Crippen molar-refractivity contribution in [1.82, 2.24) is 0 Å². The van der Waals surface area contributed by atoms with Gasteiger partial charge in [0.15, 0.2) is 0 Å². The summed E-state index contributed by atoms with van der Waals surface area (Å²) in [5, 5.41) is 0.478. The largest absolute Gasteiger partial charge is 0.522 e. The van der Waals surface area contributed by atoms with Gasteiger partial charge in [0.1, 0.15) is 12.4 Å². The molecule has 1 aromatic rings. The average molecular weight is 298 g/mol. The second-order valence-electron chi connectivity index (χ2n) is 4.04. The third-order valence-electron chi connectivity index (χ3n) is 2.21. The van der Waals surface area contributed by atoms with Crippen LogP contribution in [-0.2, 0) is 11.2 Å². The highest BCUT2D eigenvalue weighted by molar-refractivity contribution is 6.31. The molecule has 108 valence electrons. The molecule has 0 radical (unpaired) electrons. The molecule has 2 N–H and O–H groups in total. The maximum atomic E-state index is 11.8. The number of hydrogen-bond acceptors (Lipinski definition) is 3. The van der Waals surface area contributed by atoms with E-state index in [1.807, 2.05) is 0 Å². The van der Waals surface area contributed by atoms with Crippen LogP contribution in [0.4, 0.5) is 13.2 Å². The van der Waals surface area contributed by atoms with E-state index in [0.29, 0.717) is 22.8 Å². The summed E-state index contributed by atoms with van der Waals surface area (Å²) in [6.07, 6.45) is -4.17. The van der Waals surface area contributed by atoms with Crippen LogP contribution in [0.25, 0.3) is 0 Å². The Morgan fingerprint density at radius 2 is 2.00 bits per heavy atom. The summed E-state index contributed by atoms with van der Waals surface area (Å²) >= 11 is 6.01. The van der Waals surface area contributed by atoms with Gasteiger partial charge in [0.25, 0.3) is 0 Å². The highest BCUT2D eigenvalue weighted by atomic mass is 35.5. The molecule has 1 unspecified atom stereocenters. The highest BCUT2D eigenvalue weighted by Gasteiger charge is 2.28. The first-order valence-corrected chi connectivity index (χ1v) is 6.04. The summed E-state index contributed by atoms with van der Waals surface area (Å²) in [6, 6.07) is 4.84. The van der Waals surface area contributed by atoms with Gasteiger partial charge in [-0.3, -0.25) is 4.74 Å². The van der Waals surface area contributed by atoms with Crippen molar-refractivity contribution in [2.45, 2.75) is 25.7 Å². The van der Waals surface area contributed by atoms with Gasteiger partial charge in [0.2, 0.25) is 0 Å². The molecule has 0 fully saturated rings. The Morgan fingerprint density at radius 1 is 1.32 bits per heavy atom.